The molecular formula is C14H12BrClFN. The van der Waals surface area contributed by atoms with Gasteiger partial charge in [-0.1, -0.05) is 17.7 Å². The summed E-state index contributed by atoms with van der Waals surface area (Å²) < 4.78 is 13.8. The zero-order chi connectivity index (χ0) is 13.1. The van der Waals surface area contributed by atoms with Crippen molar-refractivity contribution in [2.45, 2.75) is 13.5 Å². The quantitative estimate of drug-likeness (QED) is 0.820. The zero-order valence-electron chi connectivity index (χ0n) is 9.81. The molecule has 0 aliphatic carbocycles. The van der Waals surface area contributed by atoms with Crippen molar-refractivity contribution in [2.75, 3.05) is 5.32 Å². The second kappa shape index (κ2) is 5.72. The number of benzene rings is 2. The highest BCUT2D eigenvalue weighted by molar-refractivity contribution is 9.10. The molecule has 2 aromatic rings. The lowest BCUT2D eigenvalue weighted by Crippen LogP contribution is -2.01. The Kier molecular flexibility index (Phi) is 4.25. The van der Waals surface area contributed by atoms with Crippen molar-refractivity contribution in [1.82, 2.24) is 0 Å². The second-order valence-electron chi connectivity index (χ2n) is 4.05. The Balaban J connectivity index is 2.09. The van der Waals surface area contributed by atoms with Crippen LogP contribution in [-0.4, -0.2) is 0 Å². The fourth-order valence-electron chi connectivity index (χ4n) is 1.66. The third-order valence-corrected chi connectivity index (χ3v) is 3.92. The molecule has 0 atom stereocenters. The van der Waals surface area contributed by atoms with Crippen LogP contribution in [0.3, 0.4) is 0 Å². The van der Waals surface area contributed by atoms with E-state index < -0.39 is 0 Å². The Bertz CT molecular complexity index is 572. The number of hydrogen-bond acceptors (Lipinski definition) is 1. The first-order valence-corrected chi connectivity index (χ1v) is 6.67. The lowest BCUT2D eigenvalue weighted by molar-refractivity contribution is 0.625. The molecule has 0 spiro atoms. The van der Waals surface area contributed by atoms with Crippen LogP contribution in [0.25, 0.3) is 0 Å². The minimum Gasteiger partial charge on any atom is -0.381 e. The van der Waals surface area contributed by atoms with Crippen LogP contribution in [0.15, 0.2) is 40.9 Å². The fourth-order valence-corrected chi connectivity index (χ4v) is 2.16. The van der Waals surface area contributed by atoms with Crippen LogP contribution in [0.4, 0.5) is 10.1 Å². The van der Waals surface area contributed by atoms with E-state index in [4.69, 9.17) is 11.6 Å². The van der Waals surface area contributed by atoms with Gasteiger partial charge in [-0.05, 0) is 64.3 Å². The third kappa shape index (κ3) is 3.24. The van der Waals surface area contributed by atoms with Gasteiger partial charge in [-0.3, -0.25) is 0 Å². The van der Waals surface area contributed by atoms with E-state index >= 15 is 0 Å². The van der Waals surface area contributed by atoms with Crippen molar-refractivity contribution in [2.24, 2.45) is 0 Å². The normalized spacial score (nSPS) is 10.4. The number of anilines is 1. The van der Waals surface area contributed by atoms with Crippen molar-refractivity contribution in [3.05, 3.63) is 62.8 Å². The lowest BCUT2D eigenvalue weighted by Gasteiger charge is -2.10. The molecule has 0 aliphatic heterocycles. The van der Waals surface area contributed by atoms with Crippen LogP contribution in [0, 0.1) is 12.7 Å². The number of halogens is 3. The predicted octanol–water partition coefficient (Wildman–Crippen LogP) is 5.16. The van der Waals surface area contributed by atoms with Crippen LogP contribution < -0.4 is 5.32 Å². The third-order valence-electron chi connectivity index (χ3n) is 2.71. The van der Waals surface area contributed by atoms with E-state index in [9.17, 15) is 4.39 Å². The van der Waals surface area contributed by atoms with Gasteiger partial charge in [0.25, 0.3) is 0 Å². The van der Waals surface area contributed by atoms with Crippen LogP contribution >= 0.6 is 27.5 Å². The van der Waals surface area contributed by atoms with Gasteiger partial charge in [0, 0.05) is 16.7 Å². The molecule has 4 heteroatoms. The van der Waals surface area contributed by atoms with Crippen molar-refractivity contribution in [3.63, 3.8) is 0 Å². The fraction of sp³-hybridized carbons (Fsp3) is 0.143. The molecule has 0 saturated carbocycles. The van der Waals surface area contributed by atoms with Gasteiger partial charge in [0.15, 0.2) is 0 Å². The minimum atomic E-state index is -0.203. The summed E-state index contributed by atoms with van der Waals surface area (Å²) >= 11 is 9.30. The van der Waals surface area contributed by atoms with Crippen molar-refractivity contribution < 1.29 is 4.39 Å². The summed E-state index contributed by atoms with van der Waals surface area (Å²) in [7, 11) is 0. The number of nitrogens with one attached hydrogen (secondary N) is 1. The molecule has 2 aromatic carbocycles. The SMILES string of the molecule is Cc1cc(F)ccc1CNc1ccc(Cl)c(Br)c1. The Morgan fingerprint density at radius 1 is 1.22 bits per heavy atom. The highest BCUT2D eigenvalue weighted by Gasteiger charge is 2.02. The monoisotopic (exact) mass is 327 g/mol. The number of aryl methyl sites for hydroxylation is 1. The maximum atomic E-state index is 13.0. The highest BCUT2D eigenvalue weighted by atomic mass is 79.9. The molecule has 1 nitrogen and oxygen atoms in total. The van der Waals surface area contributed by atoms with Crippen LogP contribution in [0.2, 0.25) is 5.02 Å². The van der Waals surface area contributed by atoms with Gasteiger partial charge in [-0.25, -0.2) is 4.39 Å². The molecule has 1 N–H and O–H groups in total. The molecule has 0 bridgehead atoms. The van der Waals surface area contributed by atoms with E-state index in [2.05, 4.69) is 21.2 Å². The van der Waals surface area contributed by atoms with Gasteiger partial charge in [0.05, 0.1) is 5.02 Å². The van der Waals surface area contributed by atoms with E-state index in [0.29, 0.717) is 11.6 Å². The standard InChI is InChI=1S/C14H12BrClFN/c1-9-6-11(17)3-2-10(9)8-18-12-4-5-14(16)13(15)7-12/h2-7,18H,8H2,1H3. The van der Waals surface area contributed by atoms with Crippen molar-refractivity contribution in [3.8, 4) is 0 Å². The van der Waals surface area contributed by atoms with Crippen LogP contribution in [0.1, 0.15) is 11.1 Å². The lowest BCUT2D eigenvalue weighted by atomic mass is 10.1. The molecule has 2 rings (SSSR count). The van der Waals surface area contributed by atoms with E-state index in [0.717, 1.165) is 21.3 Å². The molecule has 0 fully saturated rings. The molecule has 0 saturated heterocycles. The first-order valence-electron chi connectivity index (χ1n) is 5.50. The minimum absolute atomic E-state index is 0.203. The molecule has 0 amide bonds. The second-order valence-corrected chi connectivity index (χ2v) is 5.31. The van der Waals surface area contributed by atoms with Crippen LogP contribution in [0.5, 0.6) is 0 Å². The van der Waals surface area contributed by atoms with Gasteiger partial charge in [-0.15, -0.1) is 0 Å². The van der Waals surface area contributed by atoms with Gasteiger partial charge in [0.2, 0.25) is 0 Å². The first kappa shape index (κ1) is 13.4. The summed E-state index contributed by atoms with van der Waals surface area (Å²) in [5.41, 5.74) is 2.98. The average molecular weight is 329 g/mol. The zero-order valence-corrected chi connectivity index (χ0v) is 12.1. The molecule has 0 radical (unpaired) electrons. The Morgan fingerprint density at radius 2 is 2.00 bits per heavy atom. The largest absolute Gasteiger partial charge is 0.381 e. The van der Waals surface area contributed by atoms with Crippen LogP contribution in [-0.2, 0) is 6.54 Å². The summed E-state index contributed by atoms with van der Waals surface area (Å²) in [5.74, 6) is -0.203. The molecule has 0 unspecified atom stereocenters. The predicted molar refractivity (Wildman–Crippen MR) is 77.6 cm³/mol. The average Bonchev–Trinajstić information content (AvgIpc) is 2.32. The first-order chi connectivity index (χ1) is 8.56. The van der Waals surface area contributed by atoms with Gasteiger partial charge in [-0.2, -0.15) is 0 Å². The maximum absolute atomic E-state index is 13.0. The van der Waals surface area contributed by atoms with Gasteiger partial charge in [0.1, 0.15) is 5.82 Å². The Hall–Kier alpha value is -1.06. The van der Waals surface area contributed by atoms with E-state index in [1.807, 2.05) is 25.1 Å². The molecule has 0 heterocycles. The topological polar surface area (TPSA) is 12.0 Å². The highest BCUT2D eigenvalue weighted by Crippen LogP contribution is 2.26. The number of rotatable bonds is 3. The molecular weight excluding hydrogens is 317 g/mol. The summed E-state index contributed by atoms with van der Waals surface area (Å²) in [4.78, 5) is 0. The van der Waals surface area contributed by atoms with E-state index in [1.54, 1.807) is 6.07 Å². The van der Waals surface area contributed by atoms with Gasteiger partial charge < -0.3 is 5.32 Å². The number of hydrogen-bond donors (Lipinski definition) is 1. The molecule has 0 aromatic heterocycles. The maximum Gasteiger partial charge on any atom is 0.123 e. The van der Waals surface area contributed by atoms with Crippen molar-refractivity contribution in [1.29, 1.82) is 0 Å². The molecule has 0 aliphatic rings. The molecule has 94 valence electrons. The summed E-state index contributed by atoms with van der Waals surface area (Å²) in [5, 5.41) is 3.96. The Morgan fingerprint density at radius 3 is 2.67 bits per heavy atom. The summed E-state index contributed by atoms with van der Waals surface area (Å²) in [6, 6.07) is 10.5. The van der Waals surface area contributed by atoms with E-state index in [1.165, 1.54) is 12.1 Å². The summed E-state index contributed by atoms with van der Waals surface area (Å²) in [6.07, 6.45) is 0. The summed E-state index contributed by atoms with van der Waals surface area (Å²) in [6.45, 7) is 2.55. The van der Waals surface area contributed by atoms with Gasteiger partial charge >= 0.3 is 0 Å². The van der Waals surface area contributed by atoms with Crippen molar-refractivity contribution >= 4 is 33.2 Å². The Labute approximate surface area is 119 Å². The molecule has 18 heavy (non-hydrogen) atoms. The van der Waals surface area contributed by atoms with E-state index in [-0.39, 0.29) is 5.82 Å². The smallest absolute Gasteiger partial charge is 0.123 e.